The van der Waals surface area contributed by atoms with Crippen molar-refractivity contribution in [3.63, 3.8) is 0 Å². The van der Waals surface area contributed by atoms with E-state index in [0.717, 1.165) is 33.2 Å². The minimum atomic E-state index is 0.902. The van der Waals surface area contributed by atoms with Crippen LogP contribution in [0.15, 0.2) is 134 Å². The monoisotopic (exact) mass is 510 g/mol. The van der Waals surface area contributed by atoms with E-state index in [0.29, 0.717) is 0 Å². The molecule has 0 aliphatic rings. The Labute approximate surface area is 229 Å². The van der Waals surface area contributed by atoms with Gasteiger partial charge in [0.25, 0.3) is 0 Å². The lowest BCUT2D eigenvalue weighted by atomic mass is 10.1. The number of pyridine rings is 2. The van der Waals surface area contributed by atoms with Gasteiger partial charge in [-0.1, -0.05) is 72.8 Å². The van der Waals surface area contributed by atoms with Gasteiger partial charge >= 0.3 is 0 Å². The molecule has 186 valence electrons. The van der Waals surface area contributed by atoms with Gasteiger partial charge in [0.2, 0.25) is 0 Å². The van der Waals surface area contributed by atoms with Crippen LogP contribution in [0, 0.1) is 0 Å². The number of benzene rings is 5. The molecule has 0 fully saturated rings. The van der Waals surface area contributed by atoms with Crippen LogP contribution in [-0.4, -0.2) is 19.1 Å². The van der Waals surface area contributed by atoms with E-state index in [2.05, 4.69) is 130 Å². The molecule has 0 saturated carbocycles. The summed E-state index contributed by atoms with van der Waals surface area (Å²) in [5, 5.41) is 7.14. The minimum Gasteiger partial charge on any atom is -0.309 e. The first-order valence-corrected chi connectivity index (χ1v) is 13.5. The van der Waals surface area contributed by atoms with Crippen LogP contribution < -0.4 is 0 Å². The number of hydrogen-bond acceptors (Lipinski definition) is 2. The van der Waals surface area contributed by atoms with E-state index in [4.69, 9.17) is 9.97 Å². The van der Waals surface area contributed by atoms with E-state index < -0.39 is 0 Å². The molecule has 0 aliphatic carbocycles. The molecule has 0 amide bonds. The fourth-order valence-corrected chi connectivity index (χ4v) is 6.55. The average molecular weight is 511 g/mol. The maximum atomic E-state index is 4.90. The van der Waals surface area contributed by atoms with Crippen LogP contribution >= 0.6 is 0 Å². The standard InChI is InChI=1S/C36H22N4/c1-5-13-29-23(9-1)24-10-2-6-14-30(24)39(29)33-19-21-37-35-27(33)17-18-28-34(20-22-38-36(28)35)40-31-15-7-3-11-25(31)26-12-4-8-16-32(26)40/h1-22H. The first-order valence-electron chi connectivity index (χ1n) is 13.5. The molecule has 4 nitrogen and oxygen atoms in total. The molecular formula is C36H22N4. The second-order valence-corrected chi connectivity index (χ2v) is 10.3. The van der Waals surface area contributed by atoms with E-state index in [9.17, 15) is 0 Å². The summed E-state index contributed by atoms with van der Waals surface area (Å²) in [5.41, 5.74) is 8.75. The summed E-state index contributed by atoms with van der Waals surface area (Å²) in [6, 6.07) is 43.1. The van der Waals surface area contributed by atoms with Crippen LogP contribution in [0.2, 0.25) is 0 Å². The molecular weight excluding hydrogens is 488 g/mol. The highest BCUT2D eigenvalue weighted by molar-refractivity contribution is 6.14. The summed E-state index contributed by atoms with van der Waals surface area (Å²) < 4.78 is 4.72. The molecule has 0 atom stereocenters. The molecule has 4 aromatic heterocycles. The number of nitrogens with zero attached hydrogens (tertiary/aromatic N) is 4. The summed E-state index contributed by atoms with van der Waals surface area (Å²) in [7, 11) is 0. The Morgan fingerprint density at radius 3 is 1.00 bits per heavy atom. The lowest BCUT2D eigenvalue weighted by Gasteiger charge is -2.14. The summed E-state index contributed by atoms with van der Waals surface area (Å²) in [6.07, 6.45) is 3.82. The SMILES string of the molecule is c1ccc2c(c1)c1ccccc1n2-c1ccnc2c1ccc1c(-n3c4ccccc4c4ccccc43)ccnc12. The van der Waals surface area contributed by atoms with E-state index in [1.165, 1.54) is 43.6 Å². The van der Waals surface area contributed by atoms with Gasteiger partial charge in [0, 0.05) is 44.7 Å². The predicted octanol–water partition coefficient (Wildman–Crippen LogP) is 8.98. The van der Waals surface area contributed by atoms with Crippen molar-refractivity contribution in [3.05, 3.63) is 134 Å². The van der Waals surface area contributed by atoms with Crippen molar-refractivity contribution in [1.29, 1.82) is 0 Å². The van der Waals surface area contributed by atoms with Gasteiger partial charge < -0.3 is 9.13 Å². The van der Waals surface area contributed by atoms with E-state index >= 15 is 0 Å². The third kappa shape index (κ3) is 2.79. The highest BCUT2D eigenvalue weighted by atomic mass is 15.0. The number of aromatic nitrogens is 4. The fraction of sp³-hybridized carbons (Fsp3) is 0. The highest BCUT2D eigenvalue weighted by Gasteiger charge is 2.18. The van der Waals surface area contributed by atoms with Crippen molar-refractivity contribution < 1.29 is 0 Å². The molecule has 0 N–H and O–H groups in total. The summed E-state index contributed by atoms with van der Waals surface area (Å²) in [5.74, 6) is 0. The molecule has 0 saturated heterocycles. The highest BCUT2D eigenvalue weighted by Crippen LogP contribution is 2.38. The summed E-state index contributed by atoms with van der Waals surface area (Å²) in [6.45, 7) is 0. The second kappa shape index (κ2) is 8.01. The summed E-state index contributed by atoms with van der Waals surface area (Å²) >= 11 is 0. The van der Waals surface area contributed by atoms with Crippen LogP contribution in [0.1, 0.15) is 0 Å². The van der Waals surface area contributed by atoms with Gasteiger partial charge in [-0.3, -0.25) is 9.97 Å². The van der Waals surface area contributed by atoms with Crippen molar-refractivity contribution in [2.24, 2.45) is 0 Å². The third-order valence-corrected chi connectivity index (χ3v) is 8.22. The fourth-order valence-electron chi connectivity index (χ4n) is 6.55. The van der Waals surface area contributed by atoms with Crippen molar-refractivity contribution in [1.82, 2.24) is 19.1 Å². The zero-order valence-electron chi connectivity index (χ0n) is 21.5. The Morgan fingerprint density at radius 2 is 0.650 bits per heavy atom. The van der Waals surface area contributed by atoms with Gasteiger partial charge in [-0.05, 0) is 48.5 Å². The maximum Gasteiger partial charge on any atom is 0.0986 e. The normalized spacial score (nSPS) is 12.0. The van der Waals surface area contributed by atoms with Crippen molar-refractivity contribution in [2.75, 3.05) is 0 Å². The van der Waals surface area contributed by atoms with E-state index in [1.807, 2.05) is 12.4 Å². The number of para-hydroxylation sites is 4. The van der Waals surface area contributed by atoms with Crippen molar-refractivity contribution in [2.45, 2.75) is 0 Å². The van der Waals surface area contributed by atoms with Crippen LogP contribution in [0.25, 0.3) is 76.8 Å². The van der Waals surface area contributed by atoms with E-state index in [-0.39, 0.29) is 0 Å². The maximum absolute atomic E-state index is 4.90. The topological polar surface area (TPSA) is 35.6 Å². The average Bonchev–Trinajstić information content (AvgIpc) is 3.53. The number of fused-ring (bicyclic) bond motifs is 9. The molecule has 40 heavy (non-hydrogen) atoms. The van der Waals surface area contributed by atoms with Crippen LogP contribution in [0.3, 0.4) is 0 Å². The first-order chi connectivity index (χ1) is 19.9. The largest absolute Gasteiger partial charge is 0.309 e. The first kappa shape index (κ1) is 21.5. The molecule has 0 bridgehead atoms. The van der Waals surface area contributed by atoms with Gasteiger partial charge in [-0.2, -0.15) is 0 Å². The van der Waals surface area contributed by atoms with Crippen LogP contribution in [-0.2, 0) is 0 Å². The van der Waals surface area contributed by atoms with Gasteiger partial charge in [-0.25, -0.2) is 0 Å². The van der Waals surface area contributed by atoms with Crippen LogP contribution in [0.5, 0.6) is 0 Å². The second-order valence-electron chi connectivity index (χ2n) is 10.3. The smallest absolute Gasteiger partial charge is 0.0986 e. The summed E-state index contributed by atoms with van der Waals surface area (Å²) in [4.78, 5) is 9.80. The molecule has 0 aliphatic heterocycles. The van der Waals surface area contributed by atoms with Gasteiger partial charge in [-0.15, -0.1) is 0 Å². The molecule has 0 radical (unpaired) electrons. The minimum absolute atomic E-state index is 0.902. The number of rotatable bonds is 2. The lowest BCUT2D eigenvalue weighted by molar-refractivity contribution is 1.18. The quantitative estimate of drug-likeness (QED) is 0.218. The zero-order chi connectivity index (χ0) is 26.2. The van der Waals surface area contributed by atoms with E-state index in [1.54, 1.807) is 0 Å². The van der Waals surface area contributed by atoms with Crippen molar-refractivity contribution >= 4 is 65.4 Å². The molecule has 4 heterocycles. The zero-order valence-corrected chi connectivity index (χ0v) is 21.5. The number of hydrogen-bond donors (Lipinski definition) is 0. The Kier molecular flexibility index (Phi) is 4.30. The molecule has 9 rings (SSSR count). The molecule has 4 heteroatoms. The van der Waals surface area contributed by atoms with Crippen molar-refractivity contribution in [3.8, 4) is 11.4 Å². The Balaban J connectivity index is 1.37. The van der Waals surface area contributed by atoms with Crippen LogP contribution in [0.4, 0.5) is 0 Å². The van der Waals surface area contributed by atoms with Gasteiger partial charge in [0.1, 0.15) is 0 Å². The third-order valence-electron chi connectivity index (χ3n) is 8.22. The Bertz CT molecular complexity index is 2170. The molecule has 0 unspecified atom stereocenters. The predicted molar refractivity (Wildman–Crippen MR) is 166 cm³/mol. The molecule has 0 spiro atoms. The van der Waals surface area contributed by atoms with Gasteiger partial charge in [0.15, 0.2) is 0 Å². The molecule has 5 aromatic carbocycles. The Morgan fingerprint density at radius 1 is 0.325 bits per heavy atom. The van der Waals surface area contributed by atoms with Gasteiger partial charge in [0.05, 0.1) is 44.5 Å². The lowest BCUT2D eigenvalue weighted by Crippen LogP contribution is -1.99. The Hall–Kier alpha value is -5.48. The molecule has 9 aromatic rings.